The molecule has 1 aliphatic rings. The number of esters is 1. The van der Waals surface area contributed by atoms with E-state index in [0.29, 0.717) is 0 Å². The van der Waals surface area contributed by atoms with E-state index < -0.39 is 24.3 Å². The smallest absolute Gasteiger partial charge is 0.416 e. The number of hydrogen-bond donors (Lipinski definition) is 1. The van der Waals surface area contributed by atoms with Crippen molar-refractivity contribution in [3.63, 3.8) is 0 Å². The first-order chi connectivity index (χ1) is 9.88. The van der Waals surface area contributed by atoms with Gasteiger partial charge in [0, 0.05) is 18.4 Å². The lowest BCUT2D eigenvalue weighted by Crippen LogP contribution is -2.30. The van der Waals surface area contributed by atoms with E-state index in [1.807, 2.05) is 0 Å². The number of carbonyl (C=O) groups excluding carboxylic acids is 2. The molecule has 0 atom stereocenters. The van der Waals surface area contributed by atoms with Gasteiger partial charge >= 0.3 is 12.1 Å². The van der Waals surface area contributed by atoms with Crippen LogP contribution in [0, 0.1) is 0 Å². The van der Waals surface area contributed by atoms with Gasteiger partial charge in [-0.3, -0.25) is 4.79 Å². The zero-order valence-electron chi connectivity index (χ0n) is 10.7. The second-order valence-electron chi connectivity index (χ2n) is 4.32. The molecule has 0 bridgehead atoms. The van der Waals surface area contributed by atoms with Crippen molar-refractivity contribution in [1.82, 2.24) is 5.43 Å². The van der Waals surface area contributed by atoms with Crippen LogP contribution in [0.25, 0.3) is 0 Å². The summed E-state index contributed by atoms with van der Waals surface area (Å²) in [6, 6.07) is 4.84. The Balaban J connectivity index is 2.04. The van der Waals surface area contributed by atoms with Crippen molar-refractivity contribution >= 4 is 17.6 Å². The molecule has 1 amide bonds. The van der Waals surface area contributed by atoms with Gasteiger partial charge in [0.2, 0.25) is 5.91 Å². The normalized spacial score (nSPS) is 15.2. The summed E-state index contributed by atoms with van der Waals surface area (Å²) in [6.07, 6.45) is -4.32. The molecule has 0 unspecified atom stereocenters. The van der Waals surface area contributed by atoms with Crippen molar-refractivity contribution in [2.24, 2.45) is 5.10 Å². The van der Waals surface area contributed by atoms with E-state index >= 15 is 0 Å². The first-order valence-electron chi connectivity index (χ1n) is 6.05. The number of nitrogens with one attached hydrogen (secondary N) is 1. The summed E-state index contributed by atoms with van der Waals surface area (Å²) in [5, 5.41) is 3.51. The average Bonchev–Trinajstić information content (AvgIpc) is 2.45. The number of hydrazone groups is 1. The molecule has 0 saturated carbocycles. The molecule has 1 N–H and O–H groups in total. The van der Waals surface area contributed by atoms with Crippen molar-refractivity contribution < 1.29 is 27.5 Å². The summed E-state index contributed by atoms with van der Waals surface area (Å²) in [5.41, 5.74) is 1.11. The van der Waals surface area contributed by atoms with Crippen LogP contribution in [0.5, 0.6) is 0 Å². The van der Waals surface area contributed by atoms with Crippen LogP contribution in [0.3, 0.4) is 0 Å². The van der Waals surface area contributed by atoms with Crippen LogP contribution in [0.15, 0.2) is 29.4 Å². The Bertz CT molecular complexity index is 597. The molecule has 0 radical (unpaired) electrons. The van der Waals surface area contributed by atoms with E-state index in [1.165, 1.54) is 18.2 Å². The van der Waals surface area contributed by atoms with Crippen molar-refractivity contribution in [2.45, 2.75) is 25.6 Å². The van der Waals surface area contributed by atoms with E-state index in [4.69, 9.17) is 4.74 Å². The van der Waals surface area contributed by atoms with Gasteiger partial charge in [0.15, 0.2) is 0 Å². The van der Waals surface area contributed by atoms with E-state index in [9.17, 15) is 22.8 Å². The predicted octanol–water partition coefficient (Wildman–Crippen LogP) is 2.01. The minimum Gasteiger partial charge on any atom is -0.456 e. The molecule has 1 heterocycles. The Morgan fingerprint density at radius 3 is 2.62 bits per heavy atom. The maximum absolute atomic E-state index is 12.8. The van der Waals surface area contributed by atoms with Crippen LogP contribution >= 0.6 is 0 Å². The van der Waals surface area contributed by atoms with Crippen LogP contribution < -0.4 is 5.43 Å². The molecule has 2 rings (SSSR count). The largest absolute Gasteiger partial charge is 0.456 e. The highest BCUT2D eigenvalue weighted by molar-refractivity contribution is 6.37. The Hall–Kier alpha value is -2.38. The highest BCUT2D eigenvalue weighted by Crippen LogP contribution is 2.32. The van der Waals surface area contributed by atoms with E-state index in [-0.39, 0.29) is 30.0 Å². The standard InChI is InChI=1S/C13H11F3N2O3/c14-13(15,16)9-4-2-1-3-8(9)7-21-12(20)10-5-6-11(19)18-17-10/h1-4H,5-7H2,(H,18,19). The van der Waals surface area contributed by atoms with Crippen LogP contribution in [0.1, 0.15) is 24.0 Å². The summed E-state index contributed by atoms with van der Waals surface area (Å²) in [4.78, 5) is 22.5. The van der Waals surface area contributed by atoms with Gasteiger partial charge < -0.3 is 4.74 Å². The van der Waals surface area contributed by atoms with Gasteiger partial charge in [0.25, 0.3) is 0 Å². The molecule has 5 nitrogen and oxygen atoms in total. The van der Waals surface area contributed by atoms with Crippen molar-refractivity contribution in [3.05, 3.63) is 35.4 Å². The Morgan fingerprint density at radius 2 is 2.00 bits per heavy atom. The van der Waals surface area contributed by atoms with Crippen LogP contribution in [0.2, 0.25) is 0 Å². The maximum Gasteiger partial charge on any atom is 0.416 e. The van der Waals surface area contributed by atoms with Crippen molar-refractivity contribution in [3.8, 4) is 0 Å². The zero-order valence-corrected chi connectivity index (χ0v) is 10.7. The van der Waals surface area contributed by atoms with Gasteiger partial charge in [-0.25, -0.2) is 10.2 Å². The van der Waals surface area contributed by atoms with Crippen LogP contribution in [-0.2, 0) is 27.1 Å². The number of carbonyl (C=O) groups is 2. The zero-order chi connectivity index (χ0) is 15.5. The fourth-order valence-electron chi connectivity index (χ4n) is 1.77. The summed E-state index contributed by atoms with van der Waals surface area (Å²) in [7, 11) is 0. The highest BCUT2D eigenvalue weighted by Gasteiger charge is 2.33. The molecule has 1 aliphatic heterocycles. The number of halogens is 3. The maximum atomic E-state index is 12.8. The number of amides is 1. The Morgan fingerprint density at radius 1 is 1.29 bits per heavy atom. The quantitative estimate of drug-likeness (QED) is 0.868. The minimum atomic E-state index is -4.51. The lowest BCUT2D eigenvalue weighted by molar-refractivity contribution is -0.142. The van der Waals surface area contributed by atoms with Crippen molar-refractivity contribution in [2.75, 3.05) is 0 Å². The lowest BCUT2D eigenvalue weighted by Gasteiger charge is -2.14. The molecule has 0 aliphatic carbocycles. The third-order valence-corrected chi connectivity index (χ3v) is 2.82. The molecular weight excluding hydrogens is 289 g/mol. The average molecular weight is 300 g/mol. The van der Waals surface area contributed by atoms with E-state index in [2.05, 4.69) is 10.5 Å². The summed E-state index contributed by atoms with van der Waals surface area (Å²) >= 11 is 0. The molecule has 0 fully saturated rings. The minimum absolute atomic E-state index is 0.0147. The molecule has 1 aromatic rings. The monoisotopic (exact) mass is 300 g/mol. The molecule has 0 spiro atoms. The second kappa shape index (κ2) is 5.94. The topological polar surface area (TPSA) is 67.8 Å². The first-order valence-corrected chi connectivity index (χ1v) is 6.05. The van der Waals surface area contributed by atoms with E-state index in [0.717, 1.165) is 6.07 Å². The van der Waals surface area contributed by atoms with Gasteiger partial charge in [-0.2, -0.15) is 18.3 Å². The number of nitrogens with zero attached hydrogens (tertiary/aromatic N) is 1. The lowest BCUT2D eigenvalue weighted by atomic mass is 10.1. The first kappa shape index (κ1) is 15.0. The molecule has 112 valence electrons. The fraction of sp³-hybridized carbons (Fsp3) is 0.308. The van der Waals surface area contributed by atoms with Gasteiger partial charge in [-0.1, -0.05) is 18.2 Å². The number of ether oxygens (including phenoxy) is 1. The predicted molar refractivity (Wildman–Crippen MR) is 66.1 cm³/mol. The third kappa shape index (κ3) is 3.80. The van der Waals surface area contributed by atoms with E-state index in [1.54, 1.807) is 0 Å². The molecular formula is C13H11F3N2O3. The number of hydrogen-bond acceptors (Lipinski definition) is 4. The van der Waals surface area contributed by atoms with Crippen LogP contribution in [0.4, 0.5) is 13.2 Å². The molecule has 8 heteroatoms. The van der Waals surface area contributed by atoms with Gasteiger partial charge in [-0.05, 0) is 6.07 Å². The second-order valence-corrected chi connectivity index (χ2v) is 4.32. The fourth-order valence-corrected chi connectivity index (χ4v) is 1.77. The highest BCUT2D eigenvalue weighted by atomic mass is 19.4. The van der Waals surface area contributed by atoms with Crippen molar-refractivity contribution in [1.29, 1.82) is 0 Å². The molecule has 0 saturated heterocycles. The molecule has 0 aromatic heterocycles. The van der Waals surface area contributed by atoms with Gasteiger partial charge in [-0.15, -0.1) is 0 Å². The summed E-state index contributed by atoms with van der Waals surface area (Å²) < 4.78 is 43.1. The SMILES string of the molecule is O=C1CCC(C(=O)OCc2ccccc2C(F)(F)F)=NN1. The molecule has 1 aromatic carbocycles. The Labute approximate surface area is 117 Å². The van der Waals surface area contributed by atoms with Crippen LogP contribution in [-0.4, -0.2) is 17.6 Å². The number of benzene rings is 1. The van der Waals surface area contributed by atoms with Gasteiger partial charge in [0.05, 0.1) is 5.56 Å². The molecule has 21 heavy (non-hydrogen) atoms. The summed E-state index contributed by atoms with van der Waals surface area (Å²) in [5.74, 6) is -1.17. The summed E-state index contributed by atoms with van der Waals surface area (Å²) in [6.45, 7) is -0.512. The Kier molecular flexibility index (Phi) is 4.25. The number of rotatable bonds is 3. The third-order valence-electron chi connectivity index (χ3n) is 2.82. The van der Waals surface area contributed by atoms with Gasteiger partial charge in [0.1, 0.15) is 12.3 Å². The number of alkyl halides is 3.